The van der Waals surface area contributed by atoms with Crippen molar-refractivity contribution in [2.75, 3.05) is 13.2 Å². The van der Waals surface area contributed by atoms with Crippen molar-refractivity contribution in [2.24, 2.45) is 0 Å². The number of aryl methyl sites for hydroxylation is 1. The molecular formula is C26H28ClN5O3. The van der Waals surface area contributed by atoms with Crippen LogP contribution in [0.4, 0.5) is 0 Å². The molecule has 4 heterocycles. The Morgan fingerprint density at radius 1 is 1.09 bits per heavy atom. The molecule has 1 aliphatic carbocycles. The van der Waals surface area contributed by atoms with Crippen molar-refractivity contribution < 1.29 is 14.2 Å². The number of nitrogens with zero attached hydrogens (tertiary/aromatic N) is 5. The molecule has 0 amide bonds. The molecule has 4 aromatic rings. The number of aromatic nitrogens is 5. The van der Waals surface area contributed by atoms with E-state index in [4.69, 9.17) is 35.8 Å². The second kappa shape index (κ2) is 9.33. The van der Waals surface area contributed by atoms with Crippen LogP contribution < -0.4 is 4.74 Å². The third-order valence-corrected chi connectivity index (χ3v) is 6.87. The van der Waals surface area contributed by atoms with Crippen molar-refractivity contribution in [1.82, 2.24) is 24.6 Å². The van der Waals surface area contributed by atoms with Crippen molar-refractivity contribution >= 4 is 28.4 Å². The fourth-order valence-corrected chi connectivity index (χ4v) is 4.74. The Bertz CT molecular complexity index is 1380. The van der Waals surface area contributed by atoms with Crippen molar-refractivity contribution in [2.45, 2.75) is 64.3 Å². The van der Waals surface area contributed by atoms with Gasteiger partial charge < -0.3 is 14.2 Å². The van der Waals surface area contributed by atoms with Gasteiger partial charge in [-0.15, -0.1) is 10.2 Å². The van der Waals surface area contributed by atoms with E-state index in [1.54, 1.807) is 0 Å². The fraction of sp³-hybridized carbons (Fsp3) is 0.462. The number of halogens is 1. The van der Waals surface area contributed by atoms with E-state index < -0.39 is 0 Å². The van der Waals surface area contributed by atoms with Crippen LogP contribution in [0.15, 0.2) is 30.3 Å². The van der Waals surface area contributed by atoms with Gasteiger partial charge in [0, 0.05) is 23.8 Å². The molecule has 0 bridgehead atoms. The molecule has 35 heavy (non-hydrogen) atoms. The molecule has 0 N–H and O–H groups in total. The summed E-state index contributed by atoms with van der Waals surface area (Å²) >= 11 is 6.65. The molecule has 1 aliphatic heterocycles. The molecule has 2 atom stereocenters. The van der Waals surface area contributed by atoms with Gasteiger partial charge in [-0.3, -0.25) is 4.40 Å². The van der Waals surface area contributed by atoms with Crippen molar-refractivity contribution in [3.8, 4) is 17.1 Å². The van der Waals surface area contributed by atoms with Crippen molar-refractivity contribution in [3.63, 3.8) is 0 Å². The number of fused-ring (bicyclic) bond motifs is 3. The SMILES string of the molecule is Cc1nc2ccc(C3CC3)nc2n2c(-c3cc(OC[C@H](C)OC4CCCCO4)ccc3Cl)nnc12. The summed E-state index contributed by atoms with van der Waals surface area (Å²) in [4.78, 5) is 9.65. The lowest BCUT2D eigenvalue weighted by molar-refractivity contribution is -0.189. The Kier molecular flexibility index (Phi) is 6.04. The minimum atomic E-state index is -0.149. The minimum Gasteiger partial charge on any atom is -0.491 e. The van der Waals surface area contributed by atoms with Gasteiger partial charge in [-0.25, -0.2) is 9.97 Å². The van der Waals surface area contributed by atoms with Gasteiger partial charge in [-0.05, 0) is 76.3 Å². The van der Waals surface area contributed by atoms with Gasteiger partial charge >= 0.3 is 0 Å². The summed E-state index contributed by atoms with van der Waals surface area (Å²) < 4.78 is 19.7. The number of pyridine rings is 1. The van der Waals surface area contributed by atoms with Crippen LogP contribution in [0.5, 0.6) is 5.75 Å². The molecule has 0 spiro atoms. The number of rotatable bonds is 7. The van der Waals surface area contributed by atoms with Gasteiger partial charge in [-0.1, -0.05) is 11.6 Å². The normalized spacial score (nSPS) is 19.3. The molecular weight excluding hydrogens is 466 g/mol. The van der Waals surface area contributed by atoms with E-state index in [0.29, 0.717) is 34.8 Å². The third kappa shape index (κ3) is 4.58. The van der Waals surface area contributed by atoms with Crippen molar-refractivity contribution in [1.29, 1.82) is 0 Å². The second-order valence-electron chi connectivity index (χ2n) is 9.43. The highest BCUT2D eigenvalue weighted by Crippen LogP contribution is 2.40. The zero-order chi connectivity index (χ0) is 23.9. The summed E-state index contributed by atoms with van der Waals surface area (Å²) in [6.45, 7) is 5.08. The third-order valence-electron chi connectivity index (χ3n) is 6.54. The van der Waals surface area contributed by atoms with Crippen LogP contribution in [0.3, 0.4) is 0 Å². The minimum absolute atomic E-state index is 0.103. The number of hydrogen-bond acceptors (Lipinski definition) is 7. The zero-order valence-corrected chi connectivity index (χ0v) is 20.7. The number of hydrogen-bond donors (Lipinski definition) is 0. The Balaban J connectivity index is 1.31. The Morgan fingerprint density at radius 3 is 2.77 bits per heavy atom. The smallest absolute Gasteiger partial charge is 0.184 e. The second-order valence-corrected chi connectivity index (χ2v) is 9.84. The summed E-state index contributed by atoms with van der Waals surface area (Å²) in [7, 11) is 0. The predicted molar refractivity (Wildman–Crippen MR) is 133 cm³/mol. The van der Waals surface area contributed by atoms with Gasteiger partial charge in [0.05, 0.1) is 16.8 Å². The summed E-state index contributed by atoms with van der Waals surface area (Å²) in [5, 5.41) is 9.48. The molecule has 1 unspecified atom stereocenters. The molecule has 2 fully saturated rings. The Morgan fingerprint density at radius 2 is 1.97 bits per heavy atom. The predicted octanol–water partition coefficient (Wildman–Crippen LogP) is 5.49. The first-order valence-electron chi connectivity index (χ1n) is 12.3. The van der Waals surface area contributed by atoms with Crippen molar-refractivity contribution in [3.05, 3.63) is 46.7 Å². The zero-order valence-electron chi connectivity index (χ0n) is 19.9. The van der Waals surface area contributed by atoms with E-state index in [2.05, 4.69) is 16.3 Å². The average molecular weight is 494 g/mol. The Labute approximate surface area is 208 Å². The monoisotopic (exact) mass is 493 g/mol. The van der Waals surface area contributed by atoms with Gasteiger partial charge in [0.25, 0.3) is 0 Å². The molecule has 9 heteroatoms. The number of ether oxygens (including phenoxy) is 3. The molecule has 182 valence electrons. The molecule has 1 aromatic carbocycles. The van der Waals surface area contributed by atoms with Gasteiger partial charge in [0.2, 0.25) is 0 Å². The van der Waals surface area contributed by atoms with Crippen LogP contribution in [0.1, 0.15) is 56.3 Å². The molecule has 1 saturated carbocycles. The van der Waals surface area contributed by atoms with Crippen LogP contribution in [0.25, 0.3) is 28.2 Å². The highest BCUT2D eigenvalue weighted by Gasteiger charge is 2.26. The van der Waals surface area contributed by atoms with Crippen LogP contribution in [-0.4, -0.2) is 50.2 Å². The van der Waals surface area contributed by atoms with E-state index in [-0.39, 0.29) is 12.4 Å². The van der Waals surface area contributed by atoms with E-state index >= 15 is 0 Å². The van der Waals surface area contributed by atoms with E-state index in [0.717, 1.165) is 54.0 Å². The molecule has 2 aliphatic rings. The lowest BCUT2D eigenvalue weighted by Crippen LogP contribution is -2.29. The maximum absolute atomic E-state index is 6.65. The van der Waals surface area contributed by atoms with Gasteiger partial charge in [0.15, 0.2) is 23.4 Å². The quantitative estimate of drug-likeness (QED) is 0.336. The maximum atomic E-state index is 6.65. The lowest BCUT2D eigenvalue weighted by atomic mass is 10.2. The Hall–Kier alpha value is -2.81. The average Bonchev–Trinajstić information content (AvgIpc) is 3.62. The number of benzene rings is 1. The first-order chi connectivity index (χ1) is 17.1. The first-order valence-corrected chi connectivity index (χ1v) is 12.7. The largest absolute Gasteiger partial charge is 0.491 e. The molecule has 3 aromatic heterocycles. The highest BCUT2D eigenvalue weighted by molar-refractivity contribution is 6.33. The standard InChI is InChI=1S/C26H28ClN5O3/c1-15(35-23-5-3-4-12-33-23)14-34-18-8-9-20(27)19(13-18)25-31-30-24-16(2)28-22-11-10-21(17-6-7-17)29-26(22)32(24)25/h8-11,13,15,17,23H,3-7,12,14H2,1-2H3/t15-,23?/m0/s1. The summed E-state index contributed by atoms with van der Waals surface area (Å²) in [6, 6.07) is 9.68. The summed E-state index contributed by atoms with van der Waals surface area (Å²) in [6.07, 6.45) is 5.25. The fourth-order valence-electron chi connectivity index (χ4n) is 4.53. The summed E-state index contributed by atoms with van der Waals surface area (Å²) in [5.41, 5.74) is 4.82. The maximum Gasteiger partial charge on any atom is 0.184 e. The molecule has 6 rings (SSSR count). The topological polar surface area (TPSA) is 83.7 Å². The molecule has 0 radical (unpaired) electrons. The highest BCUT2D eigenvalue weighted by atomic mass is 35.5. The lowest BCUT2D eigenvalue weighted by Gasteiger charge is -2.26. The molecule has 8 nitrogen and oxygen atoms in total. The van der Waals surface area contributed by atoms with Crippen LogP contribution in [0.2, 0.25) is 5.02 Å². The van der Waals surface area contributed by atoms with Crippen LogP contribution in [-0.2, 0) is 9.47 Å². The van der Waals surface area contributed by atoms with Gasteiger partial charge in [0.1, 0.15) is 17.9 Å². The summed E-state index contributed by atoms with van der Waals surface area (Å²) in [5.74, 6) is 1.83. The molecule has 1 saturated heterocycles. The van der Waals surface area contributed by atoms with Crippen LogP contribution >= 0.6 is 11.6 Å². The van der Waals surface area contributed by atoms with Crippen LogP contribution in [0, 0.1) is 6.92 Å². The first kappa shape index (κ1) is 22.6. The van der Waals surface area contributed by atoms with E-state index in [1.807, 2.05) is 42.5 Å². The van der Waals surface area contributed by atoms with E-state index in [9.17, 15) is 0 Å². The van der Waals surface area contributed by atoms with E-state index in [1.165, 1.54) is 12.8 Å². The van der Waals surface area contributed by atoms with Gasteiger partial charge in [-0.2, -0.15) is 0 Å².